The van der Waals surface area contributed by atoms with Gasteiger partial charge >= 0.3 is 0 Å². The van der Waals surface area contributed by atoms with Gasteiger partial charge in [-0.1, -0.05) is 17.7 Å². The topological polar surface area (TPSA) is 97.9 Å². The Kier molecular flexibility index (Phi) is 6.21. The lowest BCUT2D eigenvalue weighted by atomic mass is 9.86. The molecule has 11 heteroatoms. The molecular weight excluding hydrogens is 454 g/mol. The van der Waals surface area contributed by atoms with Crippen LogP contribution in [0.3, 0.4) is 0 Å². The van der Waals surface area contributed by atoms with Gasteiger partial charge in [-0.3, -0.25) is 4.79 Å². The maximum atomic E-state index is 14.6. The molecule has 0 fully saturated rings. The summed E-state index contributed by atoms with van der Waals surface area (Å²) in [6, 6.07) is 8.73. The Hall–Kier alpha value is -3.63. The van der Waals surface area contributed by atoms with Crippen LogP contribution in [0.2, 0.25) is 5.02 Å². The number of hydrogen-bond acceptors (Lipinski definition) is 5. The predicted octanol–water partition coefficient (Wildman–Crippen LogP) is 3.10. The van der Waals surface area contributed by atoms with E-state index in [1.165, 1.54) is 41.3 Å². The summed E-state index contributed by atoms with van der Waals surface area (Å²) in [5.74, 6) is -2.28. The molecule has 2 atom stereocenters. The van der Waals surface area contributed by atoms with Crippen molar-refractivity contribution < 1.29 is 18.7 Å². The first-order valence-electron chi connectivity index (χ1n) is 9.88. The molecule has 2 N–H and O–H groups in total. The SMILES string of the molecule is CC(NC(=O)c1cnn(-c2ccc(Cl)cc2)c1)C(O)(Cn1cncn1)c1ccc(F)cc1F. The molecule has 4 rings (SSSR count). The number of carbonyl (C=O) groups is 1. The van der Waals surface area contributed by atoms with Crippen LogP contribution in [0.5, 0.6) is 0 Å². The summed E-state index contributed by atoms with van der Waals surface area (Å²) in [5, 5.41) is 22.9. The predicted molar refractivity (Wildman–Crippen MR) is 116 cm³/mol. The Balaban J connectivity index is 1.59. The first-order valence-corrected chi connectivity index (χ1v) is 10.3. The normalized spacial score (nSPS) is 14.0. The first kappa shape index (κ1) is 22.6. The molecule has 0 saturated heterocycles. The summed E-state index contributed by atoms with van der Waals surface area (Å²) in [6.45, 7) is 1.28. The van der Waals surface area contributed by atoms with Crippen LogP contribution in [-0.2, 0) is 12.1 Å². The van der Waals surface area contributed by atoms with Crippen molar-refractivity contribution in [2.24, 2.45) is 0 Å². The van der Waals surface area contributed by atoms with E-state index in [-0.39, 0.29) is 17.7 Å². The molecule has 8 nitrogen and oxygen atoms in total. The van der Waals surface area contributed by atoms with Crippen molar-refractivity contribution in [1.29, 1.82) is 0 Å². The van der Waals surface area contributed by atoms with E-state index >= 15 is 0 Å². The summed E-state index contributed by atoms with van der Waals surface area (Å²) in [5.41, 5.74) is -1.24. The molecule has 170 valence electrons. The van der Waals surface area contributed by atoms with E-state index in [4.69, 9.17) is 11.6 Å². The van der Waals surface area contributed by atoms with E-state index in [2.05, 4.69) is 20.5 Å². The van der Waals surface area contributed by atoms with E-state index in [9.17, 15) is 18.7 Å². The average molecular weight is 473 g/mol. The number of rotatable bonds is 7. The average Bonchev–Trinajstić information content (AvgIpc) is 3.46. The molecule has 0 aliphatic heterocycles. The molecule has 0 bridgehead atoms. The number of benzene rings is 2. The van der Waals surface area contributed by atoms with Gasteiger partial charge in [0.15, 0.2) is 0 Å². The second-order valence-electron chi connectivity index (χ2n) is 7.49. The lowest BCUT2D eigenvalue weighted by Gasteiger charge is -2.35. The van der Waals surface area contributed by atoms with Gasteiger partial charge in [-0.2, -0.15) is 10.2 Å². The molecule has 4 aromatic rings. The van der Waals surface area contributed by atoms with Crippen LogP contribution >= 0.6 is 11.6 Å². The number of amides is 1. The zero-order valence-corrected chi connectivity index (χ0v) is 18.1. The molecule has 33 heavy (non-hydrogen) atoms. The van der Waals surface area contributed by atoms with Gasteiger partial charge in [0.05, 0.1) is 30.0 Å². The van der Waals surface area contributed by atoms with Crippen molar-refractivity contribution in [1.82, 2.24) is 29.9 Å². The van der Waals surface area contributed by atoms with Crippen LogP contribution in [0.4, 0.5) is 8.78 Å². The fourth-order valence-corrected chi connectivity index (χ4v) is 3.56. The molecule has 2 aromatic heterocycles. The monoisotopic (exact) mass is 472 g/mol. The van der Waals surface area contributed by atoms with E-state index in [0.29, 0.717) is 16.8 Å². The molecule has 2 aromatic carbocycles. The molecule has 0 radical (unpaired) electrons. The third-order valence-corrected chi connectivity index (χ3v) is 5.52. The van der Waals surface area contributed by atoms with Crippen LogP contribution < -0.4 is 5.32 Å². The molecule has 0 spiro atoms. The highest BCUT2D eigenvalue weighted by atomic mass is 35.5. The Morgan fingerprint density at radius 2 is 1.97 bits per heavy atom. The largest absolute Gasteiger partial charge is 0.381 e. The third-order valence-electron chi connectivity index (χ3n) is 5.27. The number of aliphatic hydroxyl groups is 1. The lowest BCUT2D eigenvalue weighted by molar-refractivity contribution is -0.0186. The van der Waals surface area contributed by atoms with Gasteiger partial charge in [-0.15, -0.1) is 0 Å². The molecule has 1 amide bonds. The van der Waals surface area contributed by atoms with Crippen molar-refractivity contribution in [3.63, 3.8) is 0 Å². The highest BCUT2D eigenvalue weighted by molar-refractivity contribution is 6.30. The van der Waals surface area contributed by atoms with Gasteiger partial charge in [0.2, 0.25) is 0 Å². The van der Waals surface area contributed by atoms with Crippen LogP contribution in [-0.4, -0.2) is 41.6 Å². The third kappa shape index (κ3) is 4.76. The van der Waals surface area contributed by atoms with Gasteiger partial charge in [0.25, 0.3) is 5.91 Å². The van der Waals surface area contributed by atoms with E-state index in [1.54, 1.807) is 24.3 Å². The highest BCUT2D eigenvalue weighted by Crippen LogP contribution is 2.30. The van der Waals surface area contributed by atoms with Crippen LogP contribution in [0.1, 0.15) is 22.8 Å². The second-order valence-corrected chi connectivity index (χ2v) is 7.92. The summed E-state index contributed by atoms with van der Waals surface area (Å²) in [7, 11) is 0. The summed E-state index contributed by atoms with van der Waals surface area (Å²) in [4.78, 5) is 16.7. The smallest absolute Gasteiger partial charge is 0.254 e. The Morgan fingerprint density at radius 1 is 1.21 bits per heavy atom. The molecule has 0 aliphatic carbocycles. The van der Waals surface area contributed by atoms with Crippen molar-refractivity contribution in [2.75, 3.05) is 0 Å². The quantitative estimate of drug-likeness (QED) is 0.431. The molecule has 0 saturated carbocycles. The van der Waals surface area contributed by atoms with E-state index < -0.39 is 29.2 Å². The first-order chi connectivity index (χ1) is 15.8. The summed E-state index contributed by atoms with van der Waals surface area (Å²) < 4.78 is 30.9. The van der Waals surface area contributed by atoms with Crippen molar-refractivity contribution >= 4 is 17.5 Å². The van der Waals surface area contributed by atoms with Crippen LogP contribution in [0, 0.1) is 11.6 Å². The molecule has 0 aliphatic rings. The lowest BCUT2D eigenvalue weighted by Crippen LogP contribution is -2.51. The van der Waals surface area contributed by atoms with Gasteiger partial charge in [-0.05, 0) is 37.3 Å². The fraction of sp³-hybridized carbons (Fsp3) is 0.182. The fourth-order valence-electron chi connectivity index (χ4n) is 3.43. The Bertz CT molecular complexity index is 1260. The molecular formula is C22H19ClF2N6O2. The molecule has 2 unspecified atom stereocenters. The minimum Gasteiger partial charge on any atom is -0.381 e. The summed E-state index contributed by atoms with van der Waals surface area (Å²) >= 11 is 5.90. The Morgan fingerprint density at radius 3 is 2.64 bits per heavy atom. The number of halogens is 3. The van der Waals surface area contributed by atoms with E-state index in [0.717, 1.165) is 12.1 Å². The minimum absolute atomic E-state index is 0.191. The van der Waals surface area contributed by atoms with Crippen LogP contribution in [0.15, 0.2) is 67.5 Å². The summed E-state index contributed by atoms with van der Waals surface area (Å²) in [6.07, 6.45) is 5.48. The van der Waals surface area contributed by atoms with Gasteiger partial charge < -0.3 is 10.4 Å². The van der Waals surface area contributed by atoms with Crippen molar-refractivity contribution in [2.45, 2.75) is 25.1 Å². The van der Waals surface area contributed by atoms with Gasteiger partial charge in [-0.25, -0.2) is 23.1 Å². The second kappa shape index (κ2) is 9.08. The van der Waals surface area contributed by atoms with Crippen molar-refractivity contribution in [3.8, 4) is 5.69 Å². The Labute approximate surface area is 192 Å². The minimum atomic E-state index is -1.96. The van der Waals surface area contributed by atoms with Crippen LogP contribution in [0.25, 0.3) is 5.69 Å². The number of nitrogens with zero attached hydrogens (tertiary/aromatic N) is 5. The zero-order chi connectivity index (χ0) is 23.6. The standard InChI is InChI=1S/C22H19ClF2N6O2/c1-14(29-21(32)15-9-27-31(10-15)18-5-2-16(23)3-6-18)22(33,11-30-13-26-12-28-30)19-7-4-17(24)8-20(19)25/h2-10,12-14,33H,11H2,1H3,(H,29,32). The number of hydrogen-bond donors (Lipinski definition) is 2. The zero-order valence-electron chi connectivity index (χ0n) is 17.4. The maximum absolute atomic E-state index is 14.6. The highest BCUT2D eigenvalue weighted by Gasteiger charge is 2.40. The van der Waals surface area contributed by atoms with E-state index in [1.807, 2.05) is 0 Å². The number of carbonyl (C=O) groups excluding carboxylic acids is 1. The number of aromatic nitrogens is 5. The maximum Gasteiger partial charge on any atom is 0.254 e. The van der Waals surface area contributed by atoms with Gasteiger partial charge in [0, 0.05) is 22.8 Å². The van der Waals surface area contributed by atoms with Crippen molar-refractivity contribution in [3.05, 3.63) is 95.3 Å². The van der Waals surface area contributed by atoms with Gasteiger partial charge in [0.1, 0.15) is 29.9 Å². The molecule has 2 heterocycles. The number of nitrogens with one attached hydrogen (secondary N) is 1.